The van der Waals surface area contributed by atoms with Crippen LogP contribution in [0.15, 0.2) is 53.6 Å². The van der Waals surface area contributed by atoms with E-state index in [4.69, 9.17) is 9.15 Å². The van der Waals surface area contributed by atoms with Crippen LogP contribution in [0.2, 0.25) is 0 Å². The molecule has 1 atom stereocenters. The van der Waals surface area contributed by atoms with Gasteiger partial charge in [0.2, 0.25) is 17.7 Å². The number of aromatic nitrogens is 5. The van der Waals surface area contributed by atoms with Crippen LogP contribution in [-0.4, -0.2) is 43.5 Å². The Labute approximate surface area is 209 Å². The van der Waals surface area contributed by atoms with E-state index >= 15 is 0 Å². The topological polar surface area (TPSA) is 125 Å². The molecule has 3 heterocycles. The van der Waals surface area contributed by atoms with E-state index in [0.717, 1.165) is 30.2 Å². The maximum absolute atomic E-state index is 12.7. The molecule has 10 nitrogen and oxygen atoms in total. The number of hydrogen-bond donors (Lipinski definition) is 1. The summed E-state index contributed by atoms with van der Waals surface area (Å²) in [7, 11) is 1.56. The van der Waals surface area contributed by atoms with Gasteiger partial charge < -0.3 is 14.5 Å². The minimum absolute atomic E-state index is 0.0392. The van der Waals surface area contributed by atoms with Gasteiger partial charge >= 0.3 is 0 Å². The van der Waals surface area contributed by atoms with E-state index in [1.165, 1.54) is 17.3 Å². The van der Waals surface area contributed by atoms with Gasteiger partial charge in [-0.25, -0.2) is 19.6 Å². The fourth-order valence-electron chi connectivity index (χ4n) is 3.99. The van der Waals surface area contributed by atoms with Crippen LogP contribution >= 0.6 is 0 Å². The van der Waals surface area contributed by atoms with Gasteiger partial charge in [-0.05, 0) is 25.0 Å². The second-order valence-corrected chi connectivity index (χ2v) is 8.51. The molecule has 1 aromatic carbocycles. The zero-order valence-corrected chi connectivity index (χ0v) is 20.5. The van der Waals surface area contributed by atoms with Gasteiger partial charge in [-0.2, -0.15) is 5.10 Å². The van der Waals surface area contributed by atoms with Crippen molar-refractivity contribution >= 4 is 22.6 Å². The molecule has 0 saturated heterocycles. The highest BCUT2D eigenvalue weighted by molar-refractivity contribution is 5.85. The Hall–Kier alpha value is -4.08. The Morgan fingerprint density at radius 3 is 2.83 bits per heavy atom. The van der Waals surface area contributed by atoms with Crippen molar-refractivity contribution in [2.45, 2.75) is 58.0 Å². The summed E-state index contributed by atoms with van der Waals surface area (Å²) in [5, 5.41) is 7.95. The maximum atomic E-state index is 12.7. The van der Waals surface area contributed by atoms with Crippen LogP contribution in [0.1, 0.15) is 57.4 Å². The zero-order chi connectivity index (χ0) is 25.3. The number of pyridine rings is 1. The van der Waals surface area contributed by atoms with Crippen LogP contribution in [0.25, 0.3) is 22.2 Å². The van der Waals surface area contributed by atoms with E-state index in [9.17, 15) is 9.59 Å². The largest absolute Gasteiger partial charge is 0.480 e. The number of para-hydroxylation sites is 1. The molecule has 0 saturated carbocycles. The number of carbonyl (C=O) groups is 2. The van der Waals surface area contributed by atoms with Crippen LogP contribution in [0, 0.1) is 0 Å². The molecule has 36 heavy (non-hydrogen) atoms. The van der Waals surface area contributed by atoms with Crippen molar-refractivity contribution in [1.29, 1.82) is 0 Å². The first-order chi connectivity index (χ1) is 17.6. The summed E-state index contributed by atoms with van der Waals surface area (Å²) in [6.07, 6.45) is 8.76. The third-order valence-electron chi connectivity index (χ3n) is 5.92. The van der Waals surface area contributed by atoms with Gasteiger partial charge in [-0.15, -0.1) is 0 Å². The van der Waals surface area contributed by atoms with Crippen molar-refractivity contribution < 1.29 is 18.7 Å². The lowest BCUT2D eigenvalue weighted by molar-refractivity contribution is -0.123. The Morgan fingerprint density at radius 2 is 2.06 bits per heavy atom. The molecule has 1 unspecified atom stereocenters. The number of oxazole rings is 1. The summed E-state index contributed by atoms with van der Waals surface area (Å²) >= 11 is 0. The Bertz CT molecular complexity index is 1300. The highest BCUT2D eigenvalue weighted by Gasteiger charge is 2.22. The second-order valence-electron chi connectivity index (χ2n) is 8.51. The van der Waals surface area contributed by atoms with Crippen LogP contribution in [0.5, 0.6) is 5.88 Å². The van der Waals surface area contributed by atoms with Gasteiger partial charge in [0, 0.05) is 18.2 Å². The lowest BCUT2D eigenvalue weighted by Crippen LogP contribution is -2.32. The number of hydrogen-bond acceptors (Lipinski definition) is 8. The molecule has 1 N–H and O–H groups in total. The zero-order valence-electron chi connectivity index (χ0n) is 20.5. The minimum Gasteiger partial charge on any atom is -0.480 e. The molecule has 188 valence electrons. The average molecular weight is 491 g/mol. The molecule has 0 bridgehead atoms. The number of nitrogens with one attached hydrogen (secondary N) is 1. The summed E-state index contributed by atoms with van der Waals surface area (Å²) < 4.78 is 13.1. The monoisotopic (exact) mass is 490 g/mol. The van der Waals surface area contributed by atoms with Gasteiger partial charge in [0.15, 0.2) is 5.76 Å². The van der Waals surface area contributed by atoms with Crippen molar-refractivity contribution in [3.05, 3.63) is 55.1 Å². The number of carbonyl (C=O) groups excluding carboxylic acids is 2. The van der Waals surface area contributed by atoms with Gasteiger partial charge in [0.25, 0.3) is 0 Å². The highest BCUT2D eigenvalue weighted by atomic mass is 16.5. The molecular weight excluding hydrogens is 460 g/mol. The smallest absolute Gasteiger partial charge is 0.242 e. The normalized spacial score (nSPS) is 11.9. The lowest BCUT2D eigenvalue weighted by Gasteiger charge is -2.16. The fraction of sp³-hybridized carbons (Fsp3) is 0.385. The molecule has 1 amide bonds. The molecule has 4 aromatic rings. The van der Waals surface area contributed by atoms with E-state index in [1.807, 2.05) is 37.3 Å². The Kier molecular flexibility index (Phi) is 8.38. The second kappa shape index (κ2) is 12.1. The number of unbranched alkanes of at least 4 members (excludes halogenated alkanes) is 2. The van der Waals surface area contributed by atoms with Crippen LogP contribution in [0.3, 0.4) is 0 Å². The number of ether oxygens (including phenoxy) is 1. The molecule has 0 aliphatic rings. The number of rotatable bonds is 13. The first-order valence-electron chi connectivity index (χ1n) is 12.1. The number of Topliss-reactive ketones (excluding diaryl/α,β-unsaturated/α-hetero) is 1. The third-order valence-corrected chi connectivity index (χ3v) is 5.92. The number of ketones is 1. The first kappa shape index (κ1) is 25.0. The molecular formula is C26H30N6O4. The van der Waals surface area contributed by atoms with Crippen LogP contribution in [0.4, 0.5) is 0 Å². The van der Waals surface area contributed by atoms with Gasteiger partial charge in [-0.1, -0.05) is 38.0 Å². The number of amides is 1. The van der Waals surface area contributed by atoms with Crippen LogP contribution < -0.4 is 10.1 Å². The SMILES string of the molecule is CCC(=O)CCCCCC(NC(=O)Cn1cncn1)c1ncc(-c2cc3ccccc3nc2OC)o1. The minimum atomic E-state index is -0.434. The summed E-state index contributed by atoms with van der Waals surface area (Å²) in [6.45, 7) is 1.92. The summed E-state index contributed by atoms with van der Waals surface area (Å²) in [6, 6.07) is 9.28. The number of methoxy groups -OCH3 is 1. The van der Waals surface area contributed by atoms with E-state index < -0.39 is 6.04 Å². The molecule has 0 aliphatic heterocycles. The summed E-state index contributed by atoms with van der Waals surface area (Å²) in [4.78, 5) is 37.2. The van der Waals surface area contributed by atoms with Crippen molar-refractivity contribution in [3.63, 3.8) is 0 Å². The summed E-state index contributed by atoms with van der Waals surface area (Å²) in [5.41, 5.74) is 1.50. The number of fused-ring (bicyclic) bond motifs is 1. The van der Waals surface area contributed by atoms with Gasteiger partial charge in [0.1, 0.15) is 31.0 Å². The van der Waals surface area contributed by atoms with E-state index in [0.29, 0.717) is 42.4 Å². The first-order valence-corrected chi connectivity index (χ1v) is 12.1. The van der Waals surface area contributed by atoms with Crippen molar-refractivity contribution in [2.24, 2.45) is 0 Å². The number of nitrogens with zero attached hydrogens (tertiary/aromatic N) is 5. The molecule has 0 radical (unpaired) electrons. The van der Waals surface area contributed by atoms with E-state index in [1.54, 1.807) is 13.3 Å². The van der Waals surface area contributed by atoms with Gasteiger partial charge in [0.05, 0.1) is 24.4 Å². The number of benzene rings is 1. The summed E-state index contributed by atoms with van der Waals surface area (Å²) in [5.74, 6) is 1.38. The lowest BCUT2D eigenvalue weighted by atomic mass is 10.0. The van der Waals surface area contributed by atoms with Crippen LogP contribution in [-0.2, 0) is 16.1 Å². The van der Waals surface area contributed by atoms with Gasteiger partial charge in [-0.3, -0.25) is 9.59 Å². The highest BCUT2D eigenvalue weighted by Crippen LogP contribution is 2.33. The Balaban J connectivity index is 1.52. The maximum Gasteiger partial charge on any atom is 0.242 e. The predicted octanol–water partition coefficient (Wildman–Crippen LogP) is 4.28. The third kappa shape index (κ3) is 6.32. The molecule has 10 heteroatoms. The molecule has 0 fully saturated rings. The van der Waals surface area contributed by atoms with Crippen molar-refractivity contribution in [2.75, 3.05) is 7.11 Å². The Morgan fingerprint density at radius 1 is 1.19 bits per heavy atom. The molecule has 3 aromatic heterocycles. The quantitative estimate of drug-likeness (QED) is 0.275. The predicted molar refractivity (Wildman–Crippen MR) is 133 cm³/mol. The van der Waals surface area contributed by atoms with Crippen molar-refractivity contribution in [3.8, 4) is 17.2 Å². The molecule has 0 spiro atoms. The average Bonchev–Trinajstić information content (AvgIpc) is 3.59. The van der Waals surface area contributed by atoms with E-state index in [2.05, 4.69) is 25.4 Å². The van der Waals surface area contributed by atoms with E-state index in [-0.39, 0.29) is 18.2 Å². The standard InChI is InChI=1S/C26H30N6O4/c1-3-19(33)10-5-4-6-12-22(30-24(34)15-32-17-27-16-29-32)26-28-14-23(36-26)20-13-18-9-7-8-11-21(18)31-25(20)35-2/h7-9,11,13-14,16-17,22H,3-6,10,12,15H2,1-2H3,(H,30,34). The van der Waals surface area contributed by atoms with Crippen molar-refractivity contribution in [1.82, 2.24) is 30.0 Å². The molecule has 0 aliphatic carbocycles. The fourth-order valence-corrected chi connectivity index (χ4v) is 3.99. The molecule has 4 rings (SSSR count).